The SMILES string of the molecule is O=C(NN1CCCCC1)c1nn(-c2ccc(Cl)cc2Cl)c(-c2ccc(Cl)cc2)c1CN(N1CCOCC1)S(=O)O. The Kier molecular flexibility index (Phi) is 9.77. The molecule has 2 aromatic carbocycles. The molecule has 0 bridgehead atoms. The maximum Gasteiger partial charge on any atom is 0.286 e. The highest BCUT2D eigenvalue weighted by Crippen LogP contribution is 2.35. The molecule has 1 amide bonds. The first-order valence-corrected chi connectivity index (χ1v) is 15.1. The quantitative estimate of drug-likeness (QED) is 0.346. The van der Waals surface area contributed by atoms with Crippen molar-refractivity contribution in [3.05, 3.63) is 68.8 Å². The van der Waals surface area contributed by atoms with Crippen LogP contribution in [0.5, 0.6) is 0 Å². The lowest BCUT2D eigenvalue weighted by Crippen LogP contribution is -2.49. The lowest BCUT2D eigenvalue weighted by atomic mass is 10.0. The second-order valence-electron chi connectivity index (χ2n) is 9.49. The summed E-state index contributed by atoms with van der Waals surface area (Å²) in [5.74, 6) is -0.415. The van der Waals surface area contributed by atoms with Crippen molar-refractivity contribution in [3.8, 4) is 16.9 Å². The average Bonchev–Trinajstić information content (AvgIpc) is 3.32. The van der Waals surface area contributed by atoms with Gasteiger partial charge in [-0.1, -0.05) is 53.4 Å². The smallest absolute Gasteiger partial charge is 0.286 e. The Morgan fingerprint density at radius 2 is 1.68 bits per heavy atom. The van der Waals surface area contributed by atoms with Crippen LogP contribution in [0.4, 0.5) is 0 Å². The molecule has 1 aromatic heterocycles. The summed E-state index contributed by atoms with van der Waals surface area (Å²) in [7, 11) is 0. The Balaban J connectivity index is 1.68. The van der Waals surface area contributed by atoms with Gasteiger partial charge >= 0.3 is 0 Å². The van der Waals surface area contributed by atoms with Crippen molar-refractivity contribution in [2.24, 2.45) is 0 Å². The van der Waals surface area contributed by atoms with E-state index >= 15 is 0 Å². The monoisotopic (exact) mass is 626 g/mol. The van der Waals surface area contributed by atoms with Gasteiger partial charge in [0.15, 0.2) is 5.69 Å². The van der Waals surface area contributed by atoms with Gasteiger partial charge in [-0.25, -0.2) is 18.9 Å². The minimum absolute atomic E-state index is 0.0744. The van der Waals surface area contributed by atoms with Crippen LogP contribution in [0.3, 0.4) is 0 Å². The molecule has 1 unspecified atom stereocenters. The molecule has 0 aliphatic carbocycles. The fraction of sp³-hybridized carbons (Fsp3) is 0.385. The molecule has 0 spiro atoms. The molecule has 2 N–H and O–H groups in total. The molecule has 0 radical (unpaired) electrons. The first-order valence-electron chi connectivity index (χ1n) is 12.9. The van der Waals surface area contributed by atoms with Gasteiger partial charge in [0.2, 0.25) is 11.3 Å². The van der Waals surface area contributed by atoms with Gasteiger partial charge in [-0.15, -0.1) is 4.41 Å². The van der Waals surface area contributed by atoms with Crippen LogP contribution >= 0.6 is 34.8 Å². The van der Waals surface area contributed by atoms with Gasteiger partial charge < -0.3 is 4.74 Å². The number of carbonyl (C=O) groups is 1. The number of piperidine rings is 1. The van der Waals surface area contributed by atoms with Gasteiger partial charge in [-0.3, -0.25) is 14.8 Å². The number of nitrogens with zero attached hydrogens (tertiary/aromatic N) is 5. The minimum atomic E-state index is -2.38. The standard InChI is InChI=1S/C26H29Cl3N6O4S/c27-19-6-4-18(5-7-19)25-21(17-34(40(37)38)33-12-14-39-15-13-33)24(26(36)31-32-10-2-1-3-11-32)30-35(25)23-9-8-20(28)16-22(23)29/h4-9,16H,1-3,10-15,17H2,(H,31,36)(H,37,38). The van der Waals surface area contributed by atoms with Gasteiger partial charge in [0.1, 0.15) is 0 Å². The van der Waals surface area contributed by atoms with Crippen LogP contribution in [0.1, 0.15) is 35.3 Å². The van der Waals surface area contributed by atoms with E-state index in [4.69, 9.17) is 44.6 Å². The molecule has 1 atom stereocenters. The number of aromatic nitrogens is 2. The Morgan fingerprint density at radius 1 is 1.00 bits per heavy atom. The lowest BCUT2D eigenvalue weighted by molar-refractivity contribution is -0.0460. The molecular formula is C26H29Cl3N6O4S. The van der Waals surface area contributed by atoms with Crippen molar-refractivity contribution in [1.29, 1.82) is 0 Å². The zero-order valence-corrected chi connectivity index (χ0v) is 24.6. The number of amides is 1. The molecule has 0 saturated carbocycles. The van der Waals surface area contributed by atoms with Crippen LogP contribution in [0.15, 0.2) is 42.5 Å². The van der Waals surface area contributed by atoms with E-state index < -0.39 is 17.2 Å². The summed E-state index contributed by atoms with van der Waals surface area (Å²) in [6, 6.07) is 12.1. The number of benzene rings is 2. The molecule has 2 fully saturated rings. The second kappa shape index (κ2) is 13.3. The first-order chi connectivity index (χ1) is 19.3. The van der Waals surface area contributed by atoms with Crippen molar-refractivity contribution in [2.75, 3.05) is 39.4 Å². The summed E-state index contributed by atoms with van der Waals surface area (Å²) in [6.07, 6.45) is 3.07. The van der Waals surface area contributed by atoms with E-state index in [0.717, 1.165) is 32.4 Å². The van der Waals surface area contributed by atoms with Gasteiger partial charge in [-0.05, 0) is 43.2 Å². The molecule has 10 nitrogen and oxygen atoms in total. The van der Waals surface area contributed by atoms with E-state index in [-0.39, 0.29) is 12.2 Å². The third-order valence-corrected chi connectivity index (χ3v) is 8.36. The predicted octanol–water partition coefficient (Wildman–Crippen LogP) is 4.82. The number of nitrogens with one attached hydrogen (secondary N) is 1. The molecule has 214 valence electrons. The number of hydrazine groups is 2. The summed E-state index contributed by atoms with van der Waals surface area (Å²) in [5.41, 5.74) is 5.29. The Bertz CT molecular complexity index is 1380. The molecular weight excluding hydrogens is 599 g/mol. The molecule has 2 aliphatic rings. The van der Waals surface area contributed by atoms with Crippen LogP contribution in [-0.2, 0) is 22.5 Å². The largest absolute Gasteiger partial charge is 0.379 e. The highest BCUT2D eigenvalue weighted by molar-refractivity contribution is 7.76. The third kappa shape index (κ3) is 6.70. The number of carbonyl (C=O) groups excluding carboxylic acids is 1. The van der Waals surface area contributed by atoms with E-state index in [1.807, 2.05) is 17.1 Å². The Morgan fingerprint density at radius 3 is 2.33 bits per heavy atom. The predicted molar refractivity (Wildman–Crippen MR) is 156 cm³/mol. The fourth-order valence-electron chi connectivity index (χ4n) is 4.88. The van der Waals surface area contributed by atoms with E-state index in [9.17, 15) is 13.6 Å². The zero-order chi connectivity index (χ0) is 28.2. The summed E-state index contributed by atoms with van der Waals surface area (Å²) in [6.45, 7) is 3.07. The molecule has 40 heavy (non-hydrogen) atoms. The molecule has 3 heterocycles. The first kappa shape index (κ1) is 29.4. The second-order valence-corrected chi connectivity index (χ2v) is 11.6. The lowest BCUT2D eigenvalue weighted by Gasteiger charge is -2.34. The van der Waals surface area contributed by atoms with Crippen LogP contribution in [0.2, 0.25) is 15.1 Å². The van der Waals surface area contributed by atoms with E-state index in [1.54, 1.807) is 40.0 Å². The maximum absolute atomic E-state index is 13.8. The zero-order valence-electron chi connectivity index (χ0n) is 21.6. The third-order valence-electron chi connectivity index (χ3n) is 6.85. The van der Waals surface area contributed by atoms with Crippen molar-refractivity contribution in [2.45, 2.75) is 25.8 Å². The van der Waals surface area contributed by atoms with Crippen LogP contribution in [-0.4, -0.2) is 78.3 Å². The summed E-state index contributed by atoms with van der Waals surface area (Å²) >= 11 is 16.6. The Labute approximate surface area is 250 Å². The van der Waals surface area contributed by atoms with Crippen molar-refractivity contribution >= 4 is 52.0 Å². The normalized spacial score (nSPS) is 17.7. The number of rotatable bonds is 8. The van der Waals surface area contributed by atoms with Crippen LogP contribution in [0.25, 0.3) is 16.9 Å². The number of halogens is 3. The van der Waals surface area contributed by atoms with Gasteiger partial charge in [0, 0.05) is 47.4 Å². The number of hydrogen-bond donors (Lipinski definition) is 2. The highest BCUT2D eigenvalue weighted by Gasteiger charge is 2.32. The van der Waals surface area contributed by atoms with Crippen LogP contribution in [0, 0.1) is 0 Å². The average molecular weight is 628 g/mol. The van der Waals surface area contributed by atoms with Crippen LogP contribution < -0.4 is 5.43 Å². The number of ether oxygens (including phenoxy) is 1. The highest BCUT2D eigenvalue weighted by atomic mass is 35.5. The molecule has 2 saturated heterocycles. The van der Waals surface area contributed by atoms with Crippen molar-refractivity contribution in [1.82, 2.24) is 29.6 Å². The Hall–Kier alpha value is -2.06. The van der Waals surface area contributed by atoms with Gasteiger partial charge in [-0.2, -0.15) is 5.10 Å². The van der Waals surface area contributed by atoms with Crippen molar-refractivity contribution < 1.29 is 18.3 Å². The van der Waals surface area contributed by atoms with E-state index in [2.05, 4.69) is 5.43 Å². The van der Waals surface area contributed by atoms with Gasteiger partial charge in [0.25, 0.3) is 5.91 Å². The molecule has 5 rings (SSSR count). The number of hydrogen-bond acceptors (Lipinski definition) is 6. The summed E-state index contributed by atoms with van der Waals surface area (Å²) in [4.78, 5) is 13.8. The van der Waals surface area contributed by atoms with Gasteiger partial charge in [0.05, 0.1) is 36.2 Å². The minimum Gasteiger partial charge on any atom is -0.379 e. The molecule has 2 aliphatic heterocycles. The molecule has 3 aromatic rings. The van der Waals surface area contributed by atoms with Crippen molar-refractivity contribution in [3.63, 3.8) is 0 Å². The fourth-order valence-corrected chi connectivity index (χ4v) is 6.10. The maximum atomic E-state index is 13.8. The number of morpholine rings is 1. The summed E-state index contributed by atoms with van der Waals surface area (Å²) in [5, 5.41) is 9.72. The van der Waals surface area contributed by atoms with E-state index in [0.29, 0.717) is 63.9 Å². The van der Waals surface area contributed by atoms with E-state index in [1.165, 1.54) is 4.41 Å². The summed E-state index contributed by atoms with van der Waals surface area (Å²) < 4.78 is 31.3. The molecule has 14 heteroatoms. The topological polar surface area (TPSA) is 103 Å².